The monoisotopic (exact) mass is 554 g/mol. The highest BCUT2D eigenvalue weighted by atomic mass is 16.5. The fourth-order valence-corrected chi connectivity index (χ4v) is 5.02. The summed E-state index contributed by atoms with van der Waals surface area (Å²) < 4.78 is 17.0. The summed E-state index contributed by atoms with van der Waals surface area (Å²) in [5, 5.41) is 0. The van der Waals surface area contributed by atoms with Crippen LogP contribution in [0.4, 0.5) is 5.69 Å². The second kappa shape index (κ2) is 16.4. The van der Waals surface area contributed by atoms with Crippen LogP contribution >= 0.6 is 0 Å². The number of nitrogens with zero attached hydrogens (tertiary/aromatic N) is 2. The molecule has 0 radical (unpaired) electrons. The maximum atomic E-state index is 12.4. The third-order valence-electron chi connectivity index (χ3n) is 7.40. The van der Waals surface area contributed by atoms with Gasteiger partial charge in [0.25, 0.3) is 0 Å². The van der Waals surface area contributed by atoms with Gasteiger partial charge in [0.2, 0.25) is 0 Å². The maximum absolute atomic E-state index is 12.4. The van der Waals surface area contributed by atoms with Gasteiger partial charge >= 0.3 is 5.97 Å². The Morgan fingerprint density at radius 3 is 2.02 bits per heavy atom. The molecule has 0 atom stereocenters. The van der Waals surface area contributed by atoms with Gasteiger partial charge in [0.05, 0.1) is 25.3 Å². The van der Waals surface area contributed by atoms with Gasteiger partial charge in [0.1, 0.15) is 18.2 Å². The lowest BCUT2D eigenvalue weighted by Crippen LogP contribution is -2.28. The first kappa shape index (κ1) is 30.1. The Balaban J connectivity index is 0.951. The Morgan fingerprint density at radius 2 is 1.39 bits per heavy atom. The molecular formula is C35H42N2O4. The number of esters is 1. The molecule has 0 fully saturated rings. The molecule has 6 nitrogen and oxygen atoms in total. The number of unbranched alkanes of at least 4 members (excludes halogenated alkanes) is 9. The van der Waals surface area contributed by atoms with Crippen LogP contribution in [0.15, 0.2) is 66.7 Å². The van der Waals surface area contributed by atoms with Gasteiger partial charge in [0.15, 0.2) is 5.69 Å². The van der Waals surface area contributed by atoms with Crippen LogP contribution in [-0.4, -0.2) is 37.9 Å². The van der Waals surface area contributed by atoms with Crippen molar-refractivity contribution in [2.24, 2.45) is 0 Å². The Bertz CT molecular complexity index is 1260. The molecular weight excluding hydrogens is 512 g/mol. The summed E-state index contributed by atoms with van der Waals surface area (Å²) in [5.41, 5.74) is 4.53. The van der Waals surface area contributed by atoms with Gasteiger partial charge < -0.3 is 14.2 Å². The average Bonchev–Trinajstić information content (AvgIpc) is 3.01. The zero-order valence-electron chi connectivity index (χ0n) is 24.3. The molecule has 0 unspecified atom stereocenters. The molecule has 0 N–H and O–H groups in total. The van der Waals surface area contributed by atoms with E-state index < -0.39 is 0 Å². The number of ether oxygens (including phenoxy) is 3. The van der Waals surface area contributed by atoms with E-state index in [2.05, 4.69) is 21.9 Å². The van der Waals surface area contributed by atoms with E-state index in [0.29, 0.717) is 24.6 Å². The number of hydrogen-bond donors (Lipinski definition) is 0. The molecule has 3 aromatic carbocycles. The highest BCUT2D eigenvalue weighted by Gasteiger charge is 2.17. The molecule has 0 bridgehead atoms. The van der Waals surface area contributed by atoms with E-state index in [1.807, 2.05) is 55.6 Å². The lowest BCUT2D eigenvalue weighted by molar-refractivity contribution is 0.0496. The molecule has 0 saturated carbocycles. The largest absolute Gasteiger partial charge is 0.494 e. The lowest BCUT2D eigenvalue weighted by atomic mass is 10.1. The first-order chi connectivity index (χ1) is 20.1. The van der Waals surface area contributed by atoms with Crippen molar-refractivity contribution >= 4 is 11.7 Å². The first-order valence-electron chi connectivity index (χ1n) is 14.9. The Morgan fingerprint density at radius 1 is 0.805 bits per heavy atom. The maximum Gasteiger partial charge on any atom is 0.338 e. The number of hydrogen-bond acceptors (Lipinski definition) is 5. The van der Waals surface area contributed by atoms with E-state index >= 15 is 0 Å². The second-order valence-electron chi connectivity index (χ2n) is 10.8. The van der Waals surface area contributed by atoms with Crippen LogP contribution in [0.1, 0.15) is 80.1 Å². The van der Waals surface area contributed by atoms with Gasteiger partial charge in [-0.3, -0.25) is 4.90 Å². The third-order valence-corrected chi connectivity index (χ3v) is 7.40. The lowest BCUT2D eigenvalue weighted by Gasteiger charge is -2.25. The molecule has 0 aromatic heterocycles. The minimum atomic E-state index is -0.246. The van der Waals surface area contributed by atoms with Crippen molar-refractivity contribution in [2.45, 2.75) is 70.8 Å². The summed E-state index contributed by atoms with van der Waals surface area (Å²) in [7, 11) is 1.99. The Kier molecular flexibility index (Phi) is 12.1. The van der Waals surface area contributed by atoms with Crippen LogP contribution in [0, 0.1) is 6.57 Å². The summed E-state index contributed by atoms with van der Waals surface area (Å²) in [6.07, 6.45) is 11.8. The smallest absolute Gasteiger partial charge is 0.338 e. The van der Waals surface area contributed by atoms with Crippen molar-refractivity contribution < 1.29 is 19.0 Å². The predicted molar refractivity (Wildman–Crippen MR) is 163 cm³/mol. The van der Waals surface area contributed by atoms with Crippen LogP contribution < -0.4 is 9.47 Å². The summed E-state index contributed by atoms with van der Waals surface area (Å²) in [4.78, 5) is 17.9. The van der Waals surface area contributed by atoms with Gasteiger partial charge in [-0.1, -0.05) is 87.8 Å². The third kappa shape index (κ3) is 9.95. The summed E-state index contributed by atoms with van der Waals surface area (Å²) in [6, 6.07) is 21.4. The Labute approximate surface area is 245 Å². The summed E-state index contributed by atoms with van der Waals surface area (Å²) in [5.74, 6) is 1.52. The SMILES string of the molecule is [C-]#[N+]c1ccc(-c2ccc(OCCCCCCCCCCCCOC(=O)c3ccc4c(c3)CN(C)CO4)cc2)cc1. The number of carbonyl (C=O) groups is 1. The molecule has 1 aliphatic rings. The number of rotatable bonds is 16. The van der Waals surface area contributed by atoms with E-state index in [-0.39, 0.29) is 5.97 Å². The second-order valence-corrected chi connectivity index (χ2v) is 10.8. The molecule has 0 saturated heterocycles. The van der Waals surface area contributed by atoms with E-state index in [9.17, 15) is 4.79 Å². The van der Waals surface area contributed by atoms with Crippen LogP contribution in [-0.2, 0) is 11.3 Å². The van der Waals surface area contributed by atoms with Crippen LogP contribution in [0.3, 0.4) is 0 Å². The molecule has 4 rings (SSSR count). The van der Waals surface area contributed by atoms with E-state index in [1.54, 1.807) is 6.07 Å². The van der Waals surface area contributed by atoms with Gasteiger partial charge in [-0.25, -0.2) is 9.64 Å². The van der Waals surface area contributed by atoms with Crippen molar-refractivity contribution in [2.75, 3.05) is 27.0 Å². The first-order valence-corrected chi connectivity index (χ1v) is 14.9. The highest BCUT2D eigenvalue weighted by Crippen LogP contribution is 2.26. The van der Waals surface area contributed by atoms with Gasteiger partial charge in [-0.2, -0.15) is 0 Å². The molecule has 0 amide bonds. The minimum Gasteiger partial charge on any atom is -0.494 e. The summed E-state index contributed by atoms with van der Waals surface area (Å²) >= 11 is 0. The van der Waals surface area contributed by atoms with Crippen molar-refractivity contribution in [1.82, 2.24) is 4.90 Å². The zero-order valence-corrected chi connectivity index (χ0v) is 24.3. The fraction of sp³-hybridized carbons (Fsp3) is 0.429. The number of benzene rings is 3. The molecule has 3 aromatic rings. The number of carbonyl (C=O) groups excluding carboxylic acids is 1. The molecule has 0 aliphatic carbocycles. The van der Waals surface area contributed by atoms with E-state index in [4.69, 9.17) is 20.8 Å². The minimum absolute atomic E-state index is 0.246. The predicted octanol–water partition coefficient (Wildman–Crippen LogP) is 8.82. The molecule has 1 heterocycles. The van der Waals surface area contributed by atoms with Crippen LogP contribution in [0.2, 0.25) is 0 Å². The van der Waals surface area contributed by atoms with Crippen LogP contribution in [0.25, 0.3) is 16.0 Å². The highest BCUT2D eigenvalue weighted by molar-refractivity contribution is 5.89. The average molecular weight is 555 g/mol. The van der Waals surface area contributed by atoms with Crippen molar-refractivity contribution in [3.63, 3.8) is 0 Å². The van der Waals surface area contributed by atoms with E-state index in [1.165, 1.54) is 44.9 Å². The van der Waals surface area contributed by atoms with E-state index in [0.717, 1.165) is 60.6 Å². The van der Waals surface area contributed by atoms with Gasteiger partial charge in [-0.15, -0.1) is 0 Å². The molecule has 41 heavy (non-hydrogen) atoms. The van der Waals surface area contributed by atoms with Crippen LogP contribution in [0.5, 0.6) is 11.5 Å². The number of fused-ring (bicyclic) bond motifs is 1. The fourth-order valence-electron chi connectivity index (χ4n) is 5.02. The molecule has 6 heteroatoms. The standard InChI is InChI=1S/C35H42N2O4/c1-36-32-18-13-28(14-19-32)29-15-20-33(21-16-29)39-23-11-9-7-5-3-4-6-8-10-12-24-40-35(38)30-17-22-34-31(25-30)26-37(2)27-41-34/h13-22,25H,3-12,23-24,26-27H2,2H3. The quantitative estimate of drug-likeness (QED) is 0.101. The zero-order chi connectivity index (χ0) is 28.7. The summed E-state index contributed by atoms with van der Waals surface area (Å²) in [6.45, 7) is 9.65. The molecule has 1 aliphatic heterocycles. The van der Waals surface area contributed by atoms with Crippen molar-refractivity contribution in [3.8, 4) is 22.6 Å². The normalized spacial score (nSPS) is 12.7. The topological polar surface area (TPSA) is 52.4 Å². The van der Waals surface area contributed by atoms with Gasteiger partial charge in [-0.05, 0) is 61.3 Å². The Hall–Kier alpha value is -3.82. The van der Waals surface area contributed by atoms with Crippen molar-refractivity contribution in [1.29, 1.82) is 0 Å². The van der Waals surface area contributed by atoms with Crippen molar-refractivity contribution in [3.05, 3.63) is 89.3 Å². The molecule has 0 spiro atoms. The van der Waals surface area contributed by atoms with Gasteiger partial charge in [0, 0.05) is 12.1 Å². The molecule has 216 valence electrons.